The molecule has 0 fully saturated rings. The number of halogens is 1. The highest BCUT2D eigenvalue weighted by molar-refractivity contribution is 7.16. The van der Waals surface area contributed by atoms with E-state index in [4.69, 9.17) is 11.6 Å². The molecule has 0 aliphatic heterocycles. The first-order valence-corrected chi connectivity index (χ1v) is 6.31. The molecule has 2 aromatic rings. The largest absolute Gasteiger partial charge is 0.308 e. The van der Waals surface area contributed by atoms with Gasteiger partial charge < -0.3 is 5.32 Å². The first kappa shape index (κ1) is 11.6. The Morgan fingerprint density at radius 3 is 2.75 bits per heavy atom. The maximum Gasteiger partial charge on any atom is 0.0931 e. The lowest BCUT2D eigenvalue weighted by Gasteiger charge is -2.03. The first-order valence-electron chi connectivity index (χ1n) is 5.12. The van der Waals surface area contributed by atoms with Crippen LogP contribution in [0.25, 0.3) is 0 Å². The van der Waals surface area contributed by atoms with E-state index in [9.17, 15) is 0 Å². The zero-order valence-corrected chi connectivity index (χ0v) is 10.9. The zero-order valence-electron chi connectivity index (χ0n) is 9.30. The van der Waals surface area contributed by atoms with Crippen molar-refractivity contribution in [3.05, 3.63) is 38.3 Å². The third-order valence-corrected chi connectivity index (χ3v) is 3.74. The minimum Gasteiger partial charge on any atom is -0.308 e. The van der Waals surface area contributed by atoms with Gasteiger partial charge in [0.05, 0.1) is 10.0 Å². The van der Waals surface area contributed by atoms with E-state index in [2.05, 4.69) is 21.6 Å². The van der Waals surface area contributed by atoms with E-state index in [0.717, 1.165) is 28.8 Å². The Morgan fingerprint density at radius 2 is 2.19 bits per heavy atom. The van der Waals surface area contributed by atoms with Gasteiger partial charge >= 0.3 is 0 Å². The summed E-state index contributed by atoms with van der Waals surface area (Å²) in [6.07, 6.45) is 0. The Labute approximate surface area is 104 Å². The Balaban J connectivity index is 1.89. The number of aromatic nitrogens is 2. The molecule has 2 N–H and O–H groups in total. The normalized spacial score (nSPS) is 10.9. The van der Waals surface area contributed by atoms with Gasteiger partial charge in [0.15, 0.2) is 0 Å². The monoisotopic (exact) mass is 255 g/mol. The van der Waals surface area contributed by atoms with Crippen molar-refractivity contribution in [1.82, 2.24) is 15.5 Å². The molecule has 16 heavy (non-hydrogen) atoms. The van der Waals surface area contributed by atoms with Crippen molar-refractivity contribution in [1.29, 1.82) is 0 Å². The topological polar surface area (TPSA) is 40.7 Å². The first-order chi connectivity index (χ1) is 7.66. The molecule has 0 spiro atoms. The van der Waals surface area contributed by atoms with Gasteiger partial charge in [-0.3, -0.25) is 5.10 Å². The lowest BCUT2D eigenvalue weighted by Crippen LogP contribution is -2.12. The predicted octanol–water partition coefficient (Wildman–Crippen LogP) is 3.03. The lowest BCUT2D eigenvalue weighted by molar-refractivity contribution is 0.695. The van der Waals surface area contributed by atoms with Crippen molar-refractivity contribution in [3.8, 4) is 0 Å². The second-order valence-corrected chi connectivity index (χ2v) is 5.52. The van der Waals surface area contributed by atoms with Crippen LogP contribution >= 0.6 is 22.9 Å². The molecule has 3 nitrogen and oxygen atoms in total. The highest BCUT2D eigenvalue weighted by atomic mass is 35.5. The minimum absolute atomic E-state index is 0.837. The second-order valence-electron chi connectivity index (χ2n) is 3.72. The molecular formula is C11H14ClN3S. The number of nitrogens with one attached hydrogen (secondary N) is 2. The van der Waals surface area contributed by atoms with Gasteiger partial charge in [0.2, 0.25) is 0 Å². The van der Waals surface area contributed by atoms with E-state index in [0.29, 0.717) is 0 Å². The number of nitrogens with zero attached hydrogens (tertiary/aromatic N) is 1. The van der Waals surface area contributed by atoms with Crippen LogP contribution in [-0.4, -0.2) is 10.2 Å². The molecule has 0 bridgehead atoms. The van der Waals surface area contributed by atoms with Gasteiger partial charge in [0, 0.05) is 29.2 Å². The van der Waals surface area contributed by atoms with Gasteiger partial charge in [-0.15, -0.1) is 11.3 Å². The van der Waals surface area contributed by atoms with Gasteiger partial charge in [-0.1, -0.05) is 11.6 Å². The van der Waals surface area contributed by atoms with Crippen LogP contribution < -0.4 is 5.32 Å². The average molecular weight is 256 g/mol. The van der Waals surface area contributed by atoms with Gasteiger partial charge in [-0.2, -0.15) is 5.10 Å². The van der Waals surface area contributed by atoms with E-state index in [1.807, 2.05) is 19.9 Å². The SMILES string of the molecule is Cc1n[nH]c(C)c1CNCc1ccc(Cl)s1. The molecule has 0 atom stereocenters. The Bertz CT molecular complexity index is 456. The maximum atomic E-state index is 5.87. The summed E-state index contributed by atoms with van der Waals surface area (Å²) in [4.78, 5) is 1.25. The Morgan fingerprint density at radius 1 is 1.38 bits per heavy atom. The molecule has 0 aliphatic rings. The molecule has 0 radical (unpaired) electrons. The number of hydrogen-bond acceptors (Lipinski definition) is 3. The molecule has 0 aliphatic carbocycles. The van der Waals surface area contributed by atoms with Crippen LogP contribution in [0, 0.1) is 13.8 Å². The fourth-order valence-corrected chi connectivity index (χ4v) is 2.65. The molecule has 0 saturated carbocycles. The van der Waals surface area contributed by atoms with Crippen molar-refractivity contribution in [2.75, 3.05) is 0 Å². The average Bonchev–Trinajstić information content (AvgIpc) is 2.78. The number of aromatic amines is 1. The highest BCUT2D eigenvalue weighted by Gasteiger charge is 2.05. The van der Waals surface area contributed by atoms with Crippen LogP contribution in [0.5, 0.6) is 0 Å². The summed E-state index contributed by atoms with van der Waals surface area (Å²) < 4.78 is 0.840. The van der Waals surface area contributed by atoms with Crippen molar-refractivity contribution in [2.45, 2.75) is 26.9 Å². The standard InChI is InChI=1S/C11H14ClN3S/c1-7-10(8(2)15-14-7)6-13-5-9-3-4-11(12)16-9/h3-4,13H,5-6H2,1-2H3,(H,14,15). The molecular weight excluding hydrogens is 242 g/mol. The van der Waals surface area contributed by atoms with Crippen LogP contribution in [-0.2, 0) is 13.1 Å². The van der Waals surface area contributed by atoms with Crippen molar-refractivity contribution >= 4 is 22.9 Å². The van der Waals surface area contributed by atoms with E-state index in [1.165, 1.54) is 10.4 Å². The summed E-state index contributed by atoms with van der Waals surface area (Å²) in [5, 5.41) is 10.5. The van der Waals surface area contributed by atoms with Gasteiger partial charge in [0.1, 0.15) is 0 Å². The van der Waals surface area contributed by atoms with Crippen LogP contribution in [0.4, 0.5) is 0 Å². The van der Waals surface area contributed by atoms with Gasteiger partial charge in [0.25, 0.3) is 0 Å². The molecule has 0 unspecified atom stereocenters. The highest BCUT2D eigenvalue weighted by Crippen LogP contribution is 2.21. The Kier molecular flexibility index (Phi) is 3.63. The lowest BCUT2D eigenvalue weighted by atomic mass is 10.2. The van der Waals surface area contributed by atoms with Crippen LogP contribution in [0.2, 0.25) is 4.34 Å². The van der Waals surface area contributed by atoms with E-state index in [-0.39, 0.29) is 0 Å². The molecule has 0 aromatic carbocycles. The third kappa shape index (κ3) is 2.64. The van der Waals surface area contributed by atoms with Gasteiger partial charge in [-0.05, 0) is 26.0 Å². The fraction of sp³-hybridized carbons (Fsp3) is 0.364. The zero-order chi connectivity index (χ0) is 11.5. The van der Waals surface area contributed by atoms with Crippen molar-refractivity contribution < 1.29 is 0 Å². The number of rotatable bonds is 4. The number of H-pyrrole nitrogens is 1. The molecule has 2 aromatic heterocycles. The summed E-state index contributed by atoms with van der Waals surface area (Å²) >= 11 is 7.48. The summed E-state index contributed by atoms with van der Waals surface area (Å²) in [7, 11) is 0. The van der Waals surface area contributed by atoms with Crippen molar-refractivity contribution in [2.24, 2.45) is 0 Å². The summed E-state index contributed by atoms with van der Waals surface area (Å²) in [5.74, 6) is 0. The molecule has 86 valence electrons. The van der Waals surface area contributed by atoms with E-state index in [1.54, 1.807) is 11.3 Å². The number of thiophene rings is 1. The number of hydrogen-bond donors (Lipinski definition) is 2. The number of aryl methyl sites for hydroxylation is 2. The molecule has 0 saturated heterocycles. The maximum absolute atomic E-state index is 5.87. The van der Waals surface area contributed by atoms with Crippen LogP contribution in [0.3, 0.4) is 0 Å². The summed E-state index contributed by atoms with van der Waals surface area (Å²) in [6.45, 7) is 5.74. The summed E-state index contributed by atoms with van der Waals surface area (Å²) in [5.41, 5.74) is 3.45. The molecule has 5 heteroatoms. The minimum atomic E-state index is 0.837. The van der Waals surface area contributed by atoms with E-state index < -0.39 is 0 Å². The third-order valence-electron chi connectivity index (χ3n) is 2.51. The molecule has 2 rings (SSSR count). The molecule has 0 amide bonds. The smallest absolute Gasteiger partial charge is 0.0931 e. The predicted molar refractivity (Wildman–Crippen MR) is 67.9 cm³/mol. The van der Waals surface area contributed by atoms with E-state index >= 15 is 0 Å². The van der Waals surface area contributed by atoms with Gasteiger partial charge in [-0.25, -0.2) is 0 Å². The quantitative estimate of drug-likeness (QED) is 0.882. The van der Waals surface area contributed by atoms with Crippen LogP contribution in [0.1, 0.15) is 21.8 Å². The van der Waals surface area contributed by atoms with Crippen molar-refractivity contribution in [3.63, 3.8) is 0 Å². The van der Waals surface area contributed by atoms with Crippen LogP contribution in [0.15, 0.2) is 12.1 Å². The Hall–Kier alpha value is -0.840. The molecule has 2 heterocycles. The fourth-order valence-electron chi connectivity index (χ4n) is 1.59. The summed E-state index contributed by atoms with van der Waals surface area (Å²) in [6, 6.07) is 3.98. The second kappa shape index (κ2) is 4.99.